The van der Waals surface area contributed by atoms with Crippen molar-refractivity contribution < 1.29 is 9.90 Å². The van der Waals surface area contributed by atoms with Gasteiger partial charge in [-0.3, -0.25) is 4.79 Å². The van der Waals surface area contributed by atoms with Crippen molar-refractivity contribution in [3.63, 3.8) is 0 Å². The fraction of sp³-hybridized carbons (Fsp3) is 0.833. The quantitative estimate of drug-likeness (QED) is 0.517. The van der Waals surface area contributed by atoms with Crippen LogP contribution in [0, 0.1) is 5.41 Å². The first-order valence-corrected chi connectivity index (χ1v) is 3.05. The van der Waals surface area contributed by atoms with Gasteiger partial charge in [0.25, 0.3) is 0 Å². The van der Waals surface area contributed by atoms with E-state index in [0.29, 0.717) is 6.42 Å². The summed E-state index contributed by atoms with van der Waals surface area (Å²) in [7, 11) is 0. The number of Topliss-reactive ketones (excluding diaryl/α,β-unsaturated/α-hetero) is 1. The predicted molar refractivity (Wildman–Crippen MR) is 32.8 cm³/mol. The lowest BCUT2D eigenvalue weighted by Gasteiger charge is -2.11. The number of carbonyl (C=O) groups is 1. The Morgan fingerprint density at radius 3 is 2.44 bits per heavy atom. The molecule has 1 saturated carbocycles. The molecular weight excluding hydrogens is 118 g/mol. The fourth-order valence-electron chi connectivity index (χ4n) is 0.980. The van der Waals surface area contributed by atoms with Gasteiger partial charge in [-0.05, 0) is 6.92 Å². The van der Waals surface area contributed by atoms with E-state index in [1.54, 1.807) is 6.92 Å². The molecule has 1 unspecified atom stereocenters. The summed E-state index contributed by atoms with van der Waals surface area (Å²) < 4.78 is 0. The third-order valence-corrected chi connectivity index (χ3v) is 2.07. The van der Waals surface area contributed by atoms with E-state index in [9.17, 15) is 4.79 Å². The molecule has 0 radical (unpaired) electrons. The monoisotopic (exact) mass is 129 g/mol. The second-order valence-corrected chi connectivity index (χ2v) is 2.64. The van der Waals surface area contributed by atoms with Crippen molar-refractivity contribution in [3.8, 4) is 0 Å². The molecule has 1 rings (SSSR count). The largest absolute Gasteiger partial charge is 0.392 e. The molecule has 9 heavy (non-hydrogen) atoms. The molecule has 0 bridgehead atoms. The van der Waals surface area contributed by atoms with Crippen LogP contribution in [0.2, 0.25) is 0 Å². The minimum Gasteiger partial charge on any atom is -0.392 e. The molecule has 0 amide bonds. The minimum absolute atomic E-state index is 0.0972. The normalized spacial score (nSPS) is 36.6. The van der Waals surface area contributed by atoms with Gasteiger partial charge in [0.15, 0.2) is 0 Å². The first-order chi connectivity index (χ1) is 4.13. The van der Waals surface area contributed by atoms with Gasteiger partial charge in [-0.25, -0.2) is 0 Å². The number of carbonyl (C=O) groups excluding carboxylic acids is 1. The van der Waals surface area contributed by atoms with Gasteiger partial charge in [0.2, 0.25) is 0 Å². The minimum atomic E-state index is -0.574. The molecule has 1 aliphatic rings. The summed E-state index contributed by atoms with van der Waals surface area (Å²) in [6.07, 6.45) is -0.115. The third-order valence-electron chi connectivity index (χ3n) is 2.07. The number of rotatable bonds is 2. The molecule has 0 spiro atoms. The molecule has 1 fully saturated rings. The van der Waals surface area contributed by atoms with Crippen molar-refractivity contribution in [1.29, 1.82) is 0 Å². The smallest absolute Gasteiger partial charge is 0.144 e. The maximum atomic E-state index is 10.6. The Labute approximate surface area is 53.9 Å². The Kier molecular flexibility index (Phi) is 1.33. The number of hydrogen-bond donors (Lipinski definition) is 2. The topological polar surface area (TPSA) is 63.3 Å². The summed E-state index contributed by atoms with van der Waals surface area (Å²) in [6, 6.07) is 0. The molecule has 0 aromatic rings. The van der Waals surface area contributed by atoms with Gasteiger partial charge in [-0.1, -0.05) is 0 Å². The van der Waals surface area contributed by atoms with Crippen LogP contribution in [0.1, 0.15) is 13.3 Å². The van der Waals surface area contributed by atoms with E-state index in [0.717, 1.165) is 0 Å². The van der Waals surface area contributed by atoms with Crippen LogP contribution in [0.5, 0.6) is 0 Å². The highest BCUT2D eigenvalue weighted by molar-refractivity contribution is 6.01. The third kappa shape index (κ3) is 0.767. The van der Waals surface area contributed by atoms with E-state index in [4.69, 9.17) is 10.8 Å². The van der Waals surface area contributed by atoms with Crippen LogP contribution in [0.4, 0.5) is 0 Å². The molecule has 3 N–H and O–H groups in total. The standard InChI is InChI=1S/C6H11NO2/c1-4(8)6(3-7)2-5(6)9/h4,8H,2-3,7H2,1H3/t4-,6?/m1/s1. The second kappa shape index (κ2) is 1.78. The zero-order chi connectivity index (χ0) is 7.07. The second-order valence-electron chi connectivity index (χ2n) is 2.64. The van der Waals surface area contributed by atoms with Crippen molar-refractivity contribution in [2.75, 3.05) is 6.54 Å². The van der Waals surface area contributed by atoms with Crippen LogP contribution in [0.15, 0.2) is 0 Å². The van der Waals surface area contributed by atoms with Crippen LogP contribution in [0.25, 0.3) is 0 Å². The summed E-state index contributed by atoms with van der Waals surface area (Å²) in [6.45, 7) is 1.89. The molecular formula is C6H11NO2. The van der Waals surface area contributed by atoms with Crippen molar-refractivity contribution >= 4 is 5.78 Å². The molecule has 0 aromatic carbocycles. The van der Waals surface area contributed by atoms with Gasteiger partial charge in [-0.2, -0.15) is 0 Å². The van der Waals surface area contributed by atoms with Crippen LogP contribution in [-0.4, -0.2) is 23.5 Å². The molecule has 0 aromatic heterocycles. The van der Waals surface area contributed by atoms with Gasteiger partial charge in [-0.15, -0.1) is 0 Å². The Morgan fingerprint density at radius 1 is 2.00 bits per heavy atom. The maximum absolute atomic E-state index is 10.6. The lowest BCUT2D eigenvalue weighted by Crippen LogP contribution is -2.29. The summed E-state index contributed by atoms with van der Waals surface area (Å²) in [4.78, 5) is 10.6. The predicted octanol–water partition coefficient (Wildman–Crippen LogP) is -0.715. The lowest BCUT2D eigenvalue weighted by atomic mass is 10.0. The molecule has 3 nitrogen and oxygen atoms in total. The van der Waals surface area contributed by atoms with Crippen LogP contribution < -0.4 is 5.73 Å². The maximum Gasteiger partial charge on any atom is 0.144 e. The first-order valence-electron chi connectivity index (χ1n) is 3.05. The van der Waals surface area contributed by atoms with Crippen molar-refractivity contribution in [1.82, 2.24) is 0 Å². The van der Waals surface area contributed by atoms with E-state index in [1.165, 1.54) is 0 Å². The van der Waals surface area contributed by atoms with Crippen molar-refractivity contribution in [3.05, 3.63) is 0 Å². The number of ketones is 1. The highest BCUT2D eigenvalue weighted by atomic mass is 16.3. The summed E-state index contributed by atoms with van der Waals surface area (Å²) in [5.74, 6) is 0.0972. The average Bonchev–Trinajstić information content (AvgIpc) is 2.43. The number of hydrogen-bond acceptors (Lipinski definition) is 3. The average molecular weight is 129 g/mol. The molecule has 2 atom stereocenters. The Bertz CT molecular complexity index is 144. The number of aliphatic hydroxyl groups is 1. The summed E-state index contributed by atoms with van der Waals surface area (Å²) >= 11 is 0. The molecule has 52 valence electrons. The highest BCUT2D eigenvalue weighted by Gasteiger charge is 2.56. The van der Waals surface area contributed by atoms with Gasteiger partial charge < -0.3 is 10.8 Å². The Hall–Kier alpha value is -0.410. The molecule has 0 heterocycles. The molecule has 0 aliphatic heterocycles. The lowest BCUT2D eigenvalue weighted by molar-refractivity contribution is -0.114. The van der Waals surface area contributed by atoms with Crippen LogP contribution >= 0.6 is 0 Å². The van der Waals surface area contributed by atoms with Crippen molar-refractivity contribution in [2.24, 2.45) is 11.1 Å². The Morgan fingerprint density at radius 2 is 2.44 bits per heavy atom. The van der Waals surface area contributed by atoms with Gasteiger partial charge >= 0.3 is 0 Å². The van der Waals surface area contributed by atoms with E-state index in [1.807, 2.05) is 0 Å². The first kappa shape index (κ1) is 6.71. The molecule has 3 heteroatoms. The van der Waals surface area contributed by atoms with Crippen LogP contribution in [-0.2, 0) is 4.79 Å². The summed E-state index contributed by atoms with van der Waals surface area (Å²) in [5.41, 5.74) is 4.72. The number of aliphatic hydroxyl groups excluding tert-OH is 1. The van der Waals surface area contributed by atoms with Gasteiger partial charge in [0.1, 0.15) is 5.78 Å². The highest BCUT2D eigenvalue weighted by Crippen LogP contribution is 2.42. The van der Waals surface area contributed by atoms with E-state index >= 15 is 0 Å². The zero-order valence-electron chi connectivity index (χ0n) is 5.42. The fourth-order valence-corrected chi connectivity index (χ4v) is 0.980. The van der Waals surface area contributed by atoms with Gasteiger partial charge in [0.05, 0.1) is 11.5 Å². The Balaban J connectivity index is 2.62. The number of nitrogens with two attached hydrogens (primary N) is 1. The summed E-state index contributed by atoms with van der Waals surface area (Å²) in [5, 5.41) is 9.01. The SMILES string of the molecule is C[C@@H](O)C1(CN)CC1=O. The molecule has 0 saturated heterocycles. The van der Waals surface area contributed by atoms with E-state index in [-0.39, 0.29) is 12.3 Å². The van der Waals surface area contributed by atoms with E-state index < -0.39 is 11.5 Å². The van der Waals surface area contributed by atoms with Gasteiger partial charge in [0, 0.05) is 13.0 Å². The van der Waals surface area contributed by atoms with Crippen LogP contribution in [0.3, 0.4) is 0 Å². The zero-order valence-corrected chi connectivity index (χ0v) is 5.42. The molecule has 1 aliphatic carbocycles. The van der Waals surface area contributed by atoms with Crippen molar-refractivity contribution in [2.45, 2.75) is 19.4 Å². The van der Waals surface area contributed by atoms with E-state index in [2.05, 4.69) is 0 Å².